The first kappa shape index (κ1) is 22.9. The molecular weight excluding hydrogens is 436 g/mol. The van der Waals surface area contributed by atoms with Crippen LogP contribution in [0.25, 0.3) is 10.4 Å². The van der Waals surface area contributed by atoms with Crippen LogP contribution in [0.5, 0.6) is 11.5 Å². The van der Waals surface area contributed by atoms with E-state index in [0.29, 0.717) is 22.1 Å². The zero-order valence-electron chi connectivity index (χ0n) is 18.9. The van der Waals surface area contributed by atoms with Gasteiger partial charge in [-0.2, -0.15) is 0 Å². The average Bonchev–Trinajstić information content (AvgIpc) is 3.18. The number of carbonyl (C=O) groups is 2. The van der Waals surface area contributed by atoms with Crippen molar-refractivity contribution >= 4 is 28.2 Å². The quantitative estimate of drug-likeness (QED) is 0.510. The Morgan fingerprint density at radius 3 is 2.33 bits per heavy atom. The minimum atomic E-state index is -0.325. The first-order chi connectivity index (χ1) is 16.1. The number of hydrogen-bond donors (Lipinski definition) is 1. The van der Waals surface area contributed by atoms with E-state index in [-0.39, 0.29) is 18.4 Å². The van der Waals surface area contributed by atoms with Crippen LogP contribution in [0.1, 0.15) is 35.2 Å². The van der Waals surface area contributed by atoms with Crippen LogP contribution in [-0.4, -0.2) is 43.5 Å². The lowest BCUT2D eigenvalue weighted by Crippen LogP contribution is -2.36. The van der Waals surface area contributed by atoms with Crippen LogP contribution in [0.2, 0.25) is 0 Å². The molecule has 33 heavy (non-hydrogen) atoms. The van der Waals surface area contributed by atoms with Crippen molar-refractivity contribution in [1.29, 1.82) is 0 Å². The summed E-state index contributed by atoms with van der Waals surface area (Å²) in [5.74, 6) is 0.706. The number of carbonyl (C=O) groups excluding carboxylic acids is 2. The molecule has 0 spiro atoms. The molecule has 1 fully saturated rings. The number of thiophene rings is 1. The van der Waals surface area contributed by atoms with E-state index in [0.717, 1.165) is 48.4 Å². The van der Waals surface area contributed by atoms with Gasteiger partial charge >= 0.3 is 0 Å². The van der Waals surface area contributed by atoms with Gasteiger partial charge in [0.15, 0.2) is 18.1 Å². The number of methoxy groups -OCH3 is 1. The highest BCUT2D eigenvalue weighted by Gasteiger charge is 2.27. The maximum Gasteiger partial charge on any atom is 0.262 e. The summed E-state index contributed by atoms with van der Waals surface area (Å²) < 4.78 is 10.9. The summed E-state index contributed by atoms with van der Waals surface area (Å²) >= 11 is 1.43. The second-order valence-electron chi connectivity index (χ2n) is 7.97. The van der Waals surface area contributed by atoms with Crippen LogP contribution < -0.4 is 14.8 Å². The molecule has 2 heterocycles. The van der Waals surface area contributed by atoms with Gasteiger partial charge in [-0.25, -0.2) is 0 Å². The second-order valence-corrected chi connectivity index (χ2v) is 8.99. The van der Waals surface area contributed by atoms with Gasteiger partial charge in [-0.1, -0.05) is 42.5 Å². The Bertz CT molecular complexity index is 1120. The first-order valence-electron chi connectivity index (χ1n) is 11.1. The molecule has 6 nitrogen and oxygen atoms in total. The van der Waals surface area contributed by atoms with Gasteiger partial charge in [0.25, 0.3) is 11.8 Å². The molecule has 0 atom stereocenters. The van der Waals surface area contributed by atoms with Gasteiger partial charge in [-0.05, 0) is 49.4 Å². The van der Waals surface area contributed by atoms with E-state index in [1.54, 1.807) is 19.2 Å². The summed E-state index contributed by atoms with van der Waals surface area (Å²) in [5.41, 5.74) is 2.49. The van der Waals surface area contributed by atoms with Crippen LogP contribution in [0, 0.1) is 6.92 Å². The largest absolute Gasteiger partial charge is 0.493 e. The lowest BCUT2D eigenvalue weighted by Gasteiger charge is -2.27. The fourth-order valence-corrected chi connectivity index (χ4v) is 5.24. The van der Waals surface area contributed by atoms with Crippen molar-refractivity contribution in [2.45, 2.75) is 26.2 Å². The Hall–Kier alpha value is -3.32. The van der Waals surface area contributed by atoms with Crippen molar-refractivity contribution in [3.05, 3.63) is 65.7 Å². The number of amides is 2. The lowest BCUT2D eigenvalue weighted by molar-refractivity contribution is -0.118. The Morgan fingerprint density at radius 2 is 1.64 bits per heavy atom. The highest BCUT2D eigenvalue weighted by molar-refractivity contribution is 7.20. The van der Waals surface area contributed by atoms with Crippen molar-refractivity contribution in [1.82, 2.24) is 4.90 Å². The maximum absolute atomic E-state index is 13.5. The Labute approximate surface area is 198 Å². The Kier molecular flexibility index (Phi) is 7.29. The monoisotopic (exact) mass is 464 g/mol. The Balaban J connectivity index is 1.59. The molecule has 0 aliphatic carbocycles. The van der Waals surface area contributed by atoms with E-state index in [1.165, 1.54) is 11.3 Å². The number of anilines is 1. The molecule has 172 valence electrons. The van der Waals surface area contributed by atoms with Crippen molar-refractivity contribution in [3.63, 3.8) is 0 Å². The minimum absolute atomic E-state index is 0.0217. The number of likely N-dealkylation sites (tertiary alicyclic amines) is 1. The van der Waals surface area contributed by atoms with Crippen molar-refractivity contribution in [3.8, 4) is 21.9 Å². The fraction of sp³-hybridized carbons (Fsp3) is 0.308. The summed E-state index contributed by atoms with van der Waals surface area (Å²) in [6.07, 6.45) is 3.16. The molecule has 1 saturated heterocycles. The van der Waals surface area contributed by atoms with E-state index < -0.39 is 0 Å². The predicted molar refractivity (Wildman–Crippen MR) is 131 cm³/mol. The highest BCUT2D eigenvalue weighted by Crippen LogP contribution is 2.40. The Morgan fingerprint density at radius 1 is 0.970 bits per heavy atom. The molecule has 0 saturated carbocycles. The van der Waals surface area contributed by atoms with Crippen molar-refractivity contribution in [2.24, 2.45) is 0 Å². The van der Waals surface area contributed by atoms with E-state index >= 15 is 0 Å². The molecule has 2 aromatic carbocycles. The molecule has 7 heteroatoms. The molecule has 2 amide bonds. The predicted octanol–water partition coefficient (Wildman–Crippen LogP) is 5.38. The van der Waals surface area contributed by atoms with Gasteiger partial charge in [0, 0.05) is 18.0 Å². The molecule has 1 N–H and O–H groups in total. The molecule has 1 aliphatic rings. The molecule has 4 rings (SSSR count). The maximum atomic E-state index is 13.5. The van der Waals surface area contributed by atoms with Gasteiger partial charge in [0.1, 0.15) is 5.00 Å². The zero-order chi connectivity index (χ0) is 23.2. The number of rotatable bonds is 7. The summed E-state index contributed by atoms with van der Waals surface area (Å²) in [5, 5.41) is 3.50. The minimum Gasteiger partial charge on any atom is -0.493 e. The molecule has 0 radical (unpaired) electrons. The van der Waals surface area contributed by atoms with Crippen LogP contribution >= 0.6 is 11.3 Å². The summed E-state index contributed by atoms with van der Waals surface area (Å²) in [6.45, 7) is 3.27. The number of para-hydroxylation sites is 2. The third-order valence-electron chi connectivity index (χ3n) is 5.72. The highest BCUT2D eigenvalue weighted by atomic mass is 32.1. The third kappa shape index (κ3) is 5.20. The SMILES string of the molecule is COc1ccccc1OCC(=O)Nc1sc(-c2ccccc2)c(C)c1C(=O)N1CCCCC1. The number of piperidine rings is 1. The topological polar surface area (TPSA) is 67.9 Å². The average molecular weight is 465 g/mol. The number of ether oxygens (including phenoxy) is 2. The first-order valence-corrected chi connectivity index (χ1v) is 11.9. The summed E-state index contributed by atoms with van der Waals surface area (Å²) in [6, 6.07) is 17.1. The van der Waals surface area contributed by atoms with E-state index in [1.807, 2.05) is 54.3 Å². The van der Waals surface area contributed by atoms with Gasteiger partial charge in [0.05, 0.1) is 12.7 Å². The smallest absolute Gasteiger partial charge is 0.262 e. The van der Waals surface area contributed by atoms with Crippen molar-refractivity contribution < 1.29 is 19.1 Å². The molecule has 0 bridgehead atoms. The number of hydrogen-bond acceptors (Lipinski definition) is 5. The fourth-order valence-electron chi connectivity index (χ4n) is 4.02. The van der Waals surface area contributed by atoms with Crippen molar-refractivity contribution in [2.75, 3.05) is 32.1 Å². The third-order valence-corrected chi connectivity index (χ3v) is 6.98. The number of nitrogens with one attached hydrogen (secondary N) is 1. The van der Waals surface area contributed by atoms with Gasteiger partial charge in [-0.15, -0.1) is 11.3 Å². The van der Waals surface area contributed by atoms with E-state index in [9.17, 15) is 9.59 Å². The normalized spacial score (nSPS) is 13.5. The summed E-state index contributed by atoms with van der Waals surface area (Å²) in [4.78, 5) is 29.1. The van der Waals surface area contributed by atoms with Gasteiger partial charge in [0.2, 0.25) is 0 Å². The standard InChI is InChI=1S/C26H28N2O4S/c1-18-23(26(30)28-15-9-4-10-16-28)25(33-24(18)19-11-5-3-6-12-19)27-22(29)17-32-21-14-8-7-13-20(21)31-2/h3,5-8,11-14H,4,9-10,15-17H2,1-2H3,(H,27,29). The van der Waals surface area contributed by atoms with E-state index in [2.05, 4.69) is 5.32 Å². The van der Waals surface area contributed by atoms with Crippen LogP contribution in [0.15, 0.2) is 54.6 Å². The van der Waals surface area contributed by atoms with Crippen LogP contribution in [-0.2, 0) is 4.79 Å². The number of nitrogens with zero attached hydrogens (tertiary/aromatic N) is 1. The summed E-state index contributed by atoms with van der Waals surface area (Å²) in [7, 11) is 1.56. The molecule has 0 unspecified atom stereocenters. The van der Waals surface area contributed by atoms with Gasteiger partial charge < -0.3 is 19.7 Å². The zero-order valence-corrected chi connectivity index (χ0v) is 19.7. The van der Waals surface area contributed by atoms with E-state index in [4.69, 9.17) is 9.47 Å². The van der Waals surface area contributed by atoms with Gasteiger partial charge in [-0.3, -0.25) is 9.59 Å². The molecule has 1 aromatic heterocycles. The molecular formula is C26H28N2O4S. The molecule has 3 aromatic rings. The lowest BCUT2D eigenvalue weighted by atomic mass is 10.0. The van der Waals surface area contributed by atoms with Crippen LogP contribution in [0.3, 0.4) is 0 Å². The van der Waals surface area contributed by atoms with Crippen LogP contribution in [0.4, 0.5) is 5.00 Å². The second kappa shape index (κ2) is 10.5. The number of benzene rings is 2. The molecule has 1 aliphatic heterocycles.